The van der Waals surface area contributed by atoms with Crippen LogP contribution in [0.5, 0.6) is 0 Å². The van der Waals surface area contributed by atoms with E-state index in [0.717, 1.165) is 11.1 Å². The molecule has 1 amide bonds. The number of aromatic nitrogens is 2. The summed E-state index contributed by atoms with van der Waals surface area (Å²) in [5.41, 5.74) is 2.20. The van der Waals surface area contributed by atoms with E-state index in [1.807, 2.05) is 36.4 Å². The van der Waals surface area contributed by atoms with Crippen molar-refractivity contribution in [1.29, 1.82) is 0 Å². The smallest absolute Gasteiger partial charge is 0.408 e. The summed E-state index contributed by atoms with van der Waals surface area (Å²) >= 11 is 0. The van der Waals surface area contributed by atoms with Crippen molar-refractivity contribution < 1.29 is 17.6 Å². The Labute approximate surface area is 190 Å². The van der Waals surface area contributed by atoms with Gasteiger partial charge in [0.05, 0.1) is 10.4 Å². The second kappa shape index (κ2) is 9.39. The van der Waals surface area contributed by atoms with Crippen LogP contribution in [0.4, 0.5) is 0 Å². The van der Waals surface area contributed by atoms with Crippen LogP contribution in [-0.4, -0.2) is 29.9 Å². The Morgan fingerprint density at radius 1 is 1.09 bits per heavy atom. The molecular formula is C23H22N4O5S. The lowest BCUT2D eigenvalue weighted by atomic mass is 10.1. The van der Waals surface area contributed by atoms with Crippen molar-refractivity contribution in [2.45, 2.75) is 23.9 Å². The summed E-state index contributed by atoms with van der Waals surface area (Å²) in [6, 6.07) is 15.8. The van der Waals surface area contributed by atoms with E-state index in [1.54, 1.807) is 18.5 Å². The molecule has 10 heteroatoms. The Bertz CT molecular complexity index is 1430. The molecule has 33 heavy (non-hydrogen) atoms. The van der Waals surface area contributed by atoms with Crippen LogP contribution in [0.3, 0.4) is 0 Å². The Morgan fingerprint density at radius 2 is 1.85 bits per heavy atom. The number of fused-ring (bicyclic) bond motifs is 1. The molecule has 2 aromatic heterocycles. The number of nitrogens with one attached hydrogen (secondary N) is 2. The molecule has 2 heterocycles. The minimum absolute atomic E-state index is 0.109. The number of hydrogen-bond donors (Lipinski definition) is 2. The largest absolute Gasteiger partial charge is 0.419 e. The topological polar surface area (TPSA) is 123 Å². The number of oxazole rings is 1. The number of aryl methyl sites for hydroxylation is 1. The van der Waals surface area contributed by atoms with E-state index in [9.17, 15) is 18.0 Å². The van der Waals surface area contributed by atoms with E-state index in [0.29, 0.717) is 5.52 Å². The summed E-state index contributed by atoms with van der Waals surface area (Å²) in [7, 11) is -2.57. The summed E-state index contributed by atoms with van der Waals surface area (Å²) < 4.78 is 35.1. The molecule has 0 aliphatic heterocycles. The van der Waals surface area contributed by atoms with Crippen molar-refractivity contribution in [3.8, 4) is 0 Å². The van der Waals surface area contributed by atoms with E-state index in [4.69, 9.17) is 4.42 Å². The average Bonchev–Trinajstić information content (AvgIpc) is 3.11. The van der Waals surface area contributed by atoms with E-state index < -0.39 is 27.7 Å². The van der Waals surface area contributed by atoms with Crippen LogP contribution in [0.15, 0.2) is 87.2 Å². The van der Waals surface area contributed by atoms with Crippen molar-refractivity contribution in [2.24, 2.45) is 7.05 Å². The first-order valence-corrected chi connectivity index (χ1v) is 11.6. The first-order chi connectivity index (χ1) is 15.8. The third kappa shape index (κ3) is 5.18. The number of carbonyl (C=O) groups is 1. The van der Waals surface area contributed by atoms with Crippen LogP contribution < -0.4 is 15.8 Å². The number of carbonyl (C=O) groups excluding carboxylic acids is 1. The van der Waals surface area contributed by atoms with Crippen LogP contribution in [0, 0.1) is 0 Å². The van der Waals surface area contributed by atoms with Crippen molar-refractivity contribution in [1.82, 2.24) is 19.6 Å². The van der Waals surface area contributed by atoms with Gasteiger partial charge in [0.15, 0.2) is 5.58 Å². The summed E-state index contributed by atoms with van der Waals surface area (Å²) in [5, 5.41) is 2.76. The number of rotatable bonds is 8. The highest BCUT2D eigenvalue weighted by Gasteiger charge is 2.27. The van der Waals surface area contributed by atoms with Gasteiger partial charge in [-0.3, -0.25) is 14.3 Å². The van der Waals surface area contributed by atoms with Crippen molar-refractivity contribution in [3.63, 3.8) is 0 Å². The molecule has 0 spiro atoms. The standard InChI is InChI=1S/C23H22N4O5S/c1-27-20-10-9-18(13-21(20)32-23(27)29)33(30,31)26-19(12-16-6-3-2-4-7-16)22(28)25-15-17-8-5-11-24-14-17/h2-11,13-14,19,26H,12,15H2,1H3,(H,25,28)/t19-/m0/s1. The second-order valence-electron chi connectivity index (χ2n) is 7.50. The molecular weight excluding hydrogens is 444 g/mol. The lowest BCUT2D eigenvalue weighted by Crippen LogP contribution is -2.47. The molecule has 0 fully saturated rings. The highest BCUT2D eigenvalue weighted by Crippen LogP contribution is 2.19. The minimum Gasteiger partial charge on any atom is -0.408 e. The quantitative estimate of drug-likeness (QED) is 0.408. The molecule has 2 aromatic carbocycles. The monoisotopic (exact) mass is 466 g/mol. The maximum atomic E-state index is 13.1. The lowest BCUT2D eigenvalue weighted by Gasteiger charge is -2.19. The SMILES string of the molecule is Cn1c(=O)oc2cc(S(=O)(=O)N[C@@H](Cc3ccccc3)C(=O)NCc3cccnc3)ccc21. The van der Waals surface area contributed by atoms with Gasteiger partial charge in [0.25, 0.3) is 0 Å². The Balaban J connectivity index is 1.59. The van der Waals surface area contributed by atoms with Gasteiger partial charge in [-0.25, -0.2) is 13.2 Å². The zero-order valence-electron chi connectivity index (χ0n) is 17.8. The number of nitrogens with zero attached hydrogens (tertiary/aromatic N) is 2. The number of pyridine rings is 1. The molecule has 2 N–H and O–H groups in total. The fraction of sp³-hybridized carbons (Fsp3) is 0.174. The third-order valence-electron chi connectivity index (χ3n) is 5.16. The lowest BCUT2D eigenvalue weighted by molar-refractivity contribution is -0.122. The van der Waals surface area contributed by atoms with E-state index >= 15 is 0 Å². The Hall–Kier alpha value is -3.76. The van der Waals surface area contributed by atoms with Gasteiger partial charge >= 0.3 is 5.76 Å². The summed E-state index contributed by atoms with van der Waals surface area (Å²) in [4.78, 5) is 28.6. The van der Waals surface area contributed by atoms with Gasteiger partial charge in [0.2, 0.25) is 15.9 Å². The molecule has 4 rings (SSSR count). The van der Waals surface area contributed by atoms with Crippen molar-refractivity contribution in [2.75, 3.05) is 0 Å². The van der Waals surface area contributed by atoms with Crippen molar-refractivity contribution in [3.05, 3.63) is 94.7 Å². The molecule has 0 radical (unpaired) electrons. The molecule has 0 aliphatic rings. The van der Waals surface area contributed by atoms with Crippen LogP contribution in [-0.2, 0) is 34.8 Å². The predicted octanol–water partition coefficient (Wildman–Crippen LogP) is 1.73. The van der Waals surface area contributed by atoms with Crippen LogP contribution >= 0.6 is 0 Å². The zero-order valence-corrected chi connectivity index (χ0v) is 18.6. The van der Waals surface area contributed by atoms with Gasteiger partial charge < -0.3 is 9.73 Å². The molecule has 0 unspecified atom stereocenters. The fourth-order valence-corrected chi connectivity index (χ4v) is 4.60. The van der Waals surface area contributed by atoms with Crippen molar-refractivity contribution >= 4 is 27.0 Å². The highest BCUT2D eigenvalue weighted by molar-refractivity contribution is 7.89. The van der Waals surface area contributed by atoms with Crippen LogP contribution in [0.1, 0.15) is 11.1 Å². The van der Waals surface area contributed by atoms with Gasteiger partial charge in [-0.1, -0.05) is 36.4 Å². The highest BCUT2D eigenvalue weighted by atomic mass is 32.2. The van der Waals surface area contributed by atoms with Crippen LogP contribution in [0.2, 0.25) is 0 Å². The normalized spacial score (nSPS) is 12.5. The number of benzene rings is 2. The number of hydrogen-bond acceptors (Lipinski definition) is 6. The molecule has 170 valence electrons. The Morgan fingerprint density at radius 3 is 2.58 bits per heavy atom. The predicted molar refractivity (Wildman–Crippen MR) is 122 cm³/mol. The van der Waals surface area contributed by atoms with Gasteiger partial charge in [-0.2, -0.15) is 4.72 Å². The second-order valence-corrected chi connectivity index (χ2v) is 9.21. The van der Waals surface area contributed by atoms with Gasteiger partial charge in [-0.05, 0) is 35.7 Å². The molecule has 9 nitrogen and oxygen atoms in total. The molecule has 4 aromatic rings. The molecule has 1 atom stereocenters. The molecule has 0 aliphatic carbocycles. The van der Waals surface area contributed by atoms with Gasteiger partial charge in [0.1, 0.15) is 6.04 Å². The number of sulfonamides is 1. The average molecular weight is 467 g/mol. The van der Waals surface area contributed by atoms with E-state index in [1.165, 1.54) is 29.8 Å². The third-order valence-corrected chi connectivity index (χ3v) is 6.63. The zero-order chi connectivity index (χ0) is 23.4. The minimum atomic E-state index is -4.10. The molecule has 0 bridgehead atoms. The van der Waals surface area contributed by atoms with E-state index in [2.05, 4.69) is 15.0 Å². The number of amides is 1. The van der Waals surface area contributed by atoms with Gasteiger partial charge in [0, 0.05) is 32.1 Å². The maximum absolute atomic E-state index is 13.1. The molecule has 0 saturated carbocycles. The summed E-state index contributed by atoms with van der Waals surface area (Å²) in [5.74, 6) is -1.07. The summed E-state index contributed by atoms with van der Waals surface area (Å²) in [6.07, 6.45) is 3.41. The van der Waals surface area contributed by atoms with Gasteiger partial charge in [-0.15, -0.1) is 0 Å². The summed E-state index contributed by atoms with van der Waals surface area (Å²) in [6.45, 7) is 0.209. The maximum Gasteiger partial charge on any atom is 0.419 e. The molecule has 0 saturated heterocycles. The fourth-order valence-electron chi connectivity index (χ4n) is 3.39. The van der Waals surface area contributed by atoms with Crippen LogP contribution in [0.25, 0.3) is 11.1 Å². The van der Waals surface area contributed by atoms with E-state index in [-0.39, 0.29) is 23.4 Å². The Kier molecular flexibility index (Phi) is 6.38. The first kappa shape index (κ1) is 22.4. The first-order valence-electron chi connectivity index (χ1n) is 10.2.